The molecule has 0 saturated carbocycles. The third-order valence-corrected chi connectivity index (χ3v) is 4.71. The summed E-state index contributed by atoms with van der Waals surface area (Å²) < 4.78 is 1.95. The van der Waals surface area contributed by atoms with Crippen molar-refractivity contribution in [2.45, 2.75) is 46.3 Å². The van der Waals surface area contributed by atoms with Gasteiger partial charge in [-0.3, -0.25) is 4.68 Å². The van der Waals surface area contributed by atoms with Crippen LogP contribution in [0.2, 0.25) is 5.02 Å². The van der Waals surface area contributed by atoms with Gasteiger partial charge in [0.15, 0.2) is 0 Å². The average Bonchev–Trinajstić information content (AvgIpc) is 2.98. The highest BCUT2D eigenvalue weighted by Crippen LogP contribution is 2.25. The van der Waals surface area contributed by atoms with Crippen LogP contribution in [-0.4, -0.2) is 14.8 Å². The van der Waals surface area contributed by atoms with E-state index in [4.69, 9.17) is 11.6 Å². The molecule has 1 N–H and O–H groups in total. The van der Waals surface area contributed by atoms with Crippen molar-refractivity contribution in [2.24, 2.45) is 0 Å². The van der Waals surface area contributed by atoms with Crippen LogP contribution in [0, 0.1) is 6.92 Å². The molecule has 0 unspecified atom stereocenters. The molecular weight excluding hydrogens is 280 g/mol. The van der Waals surface area contributed by atoms with Crippen molar-refractivity contribution in [3.05, 3.63) is 33.0 Å². The molecule has 104 valence electrons. The molecule has 2 aromatic heterocycles. The fourth-order valence-corrected chi connectivity index (χ4v) is 2.89. The first-order chi connectivity index (χ1) is 8.95. The lowest BCUT2D eigenvalue weighted by atomic mass is 10.1. The van der Waals surface area contributed by atoms with Gasteiger partial charge < -0.3 is 5.32 Å². The van der Waals surface area contributed by atoms with Crippen molar-refractivity contribution < 1.29 is 0 Å². The predicted octanol–water partition coefficient (Wildman–Crippen LogP) is 3.35. The van der Waals surface area contributed by atoms with Crippen molar-refractivity contribution in [3.8, 4) is 0 Å². The van der Waals surface area contributed by atoms with Crippen molar-refractivity contribution in [1.82, 2.24) is 20.1 Å². The zero-order chi connectivity index (χ0) is 14.0. The summed E-state index contributed by atoms with van der Waals surface area (Å²) in [7, 11) is 0. The van der Waals surface area contributed by atoms with Gasteiger partial charge in [0.25, 0.3) is 0 Å². The van der Waals surface area contributed by atoms with Crippen LogP contribution in [0.4, 0.5) is 0 Å². The lowest BCUT2D eigenvalue weighted by molar-refractivity contribution is 0.390. The molecule has 0 amide bonds. The summed E-state index contributed by atoms with van der Waals surface area (Å²) in [5, 5.41) is 11.8. The van der Waals surface area contributed by atoms with E-state index >= 15 is 0 Å². The van der Waals surface area contributed by atoms with Gasteiger partial charge in [0.05, 0.1) is 21.9 Å². The minimum Gasteiger partial charge on any atom is -0.300 e. The maximum Gasteiger partial charge on any atom is 0.112 e. The molecule has 0 spiro atoms. The Labute approximate surface area is 122 Å². The van der Waals surface area contributed by atoms with Gasteiger partial charge in [0.1, 0.15) is 5.01 Å². The quantitative estimate of drug-likeness (QED) is 0.920. The molecule has 0 bridgehead atoms. The first kappa shape index (κ1) is 14.5. The molecule has 0 aromatic carbocycles. The maximum absolute atomic E-state index is 6.31. The van der Waals surface area contributed by atoms with E-state index < -0.39 is 0 Å². The Hall–Kier alpha value is -0.910. The van der Waals surface area contributed by atoms with Crippen molar-refractivity contribution in [3.63, 3.8) is 0 Å². The molecule has 19 heavy (non-hydrogen) atoms. The highest BCUT2D eigenvalue weighted by Gasteiger charge is 2.24. The van der Waals surface area contributed by atoms with Gasteiger partial charge in [0, 0.05) is 24.7 Å². The Morgan fingerprint density at radius 1 is 1.47 bits per heavy atom. The van der Waals surface area contributed by atoms with Crippen molar-refractivity contribution >= 4 is 22.9 Å². The fourth-order valence-electron chi connectivity index (χ4n) is 1.95. The summed E-state index contributed by atoms with van der Waals surface area (Å²) in [5.41, 5.74) is 1.74. The molecule has 4 nitrogen and oxygen atoms in total. The van der Waals surface area contributed by atoms with E-state index in [1.54, 1.807) is 11.3 Å². The number of nitrogens with one attached hydrogen (secondary N) is 1. The Morgan fingerprint density at radius 3 is 2.79 bits per heavy atom. The standard InChI is InChI=1S/C13H19ClN4S/c1-5-18-10(11(14)9(2)17-18)8-16-13(3,4)12-15-6-7-19-12/h6-7,16H,5,8H2,1-4H3. The van der Waals surface area contributed by atoms with Gasteiger partial charge in [-0.15, -0.1) is 11.3 Å². The topological polar surface area (TPSA) is 42.7 Å². The second-order valence-corrected chi connectivity index (χ2v) is 6.25. The van der Waals surface area contributed by atoms with Crippen LogP contribution in [-0.2, 0) is 18.6 Å². The SMILES string of the molecule is CCn1nc(C)c(Cl)c1CNC(C)(C)c1nccs1. The highest BCUT2D eigenvalue weighted by molar-refractivity contribution is 7.09. The van der Waals surface area contributed by atoms with Crippen LogP contribution >= 0.6 is 22.9 Å². The van der Waals surface area contributed by atoms with Crippen LogP contribution in [0.3, 0.4) is 0 Å². The van der Waals surface area contributed by atoms with E-state index in [2.05, 4.69) is 36.2 Å². The van der Waals surface area contributed by atoms with Crippen molar-refractivity contribution in [1.29, 1.82) is 0 Å². The van der Waals surface area contributed by atoms with E-state index in [-0.39, 0.29) is 5.54 Å². The second kappa shape index (κ2) is 5.61. The van der Waals surface area contributed by atoms with E-state index in [1.165, 1.54) is 0 Å². The van der Waals surface area contributed by atoms with E-state index in [0.29, 0.717) is 6.54 Å². The van der Waals surface area contributed by atoms with Gasteiger partial charge >= 0.3 is 0 Å². The molecule has 2 heterocycles. The molecule has 0 atom stereocenters. The van der Waals surface area contributed by atoms with Gasteiger partial charge in [-0.2, -0.15) is 5.10 Å². The molecule has 0 fully saturated rings. The number of hydrogen-bond donors (Lipinski definition) is 1. The zero-order valence-corrected chi connectivity index (χ0v) is 13.3. The molecule has 2 rings (SSSR count). The molecule has 0 radical (unpaired) electrons. The third kappa shape index (κ3) is 2.99. The number of rotatable bonds is 5. The van der Waals surface area contributed by atoms with Crippen LogP contribution in [0.25, 0.3) is 0 Å². The molecule has 2 aromatic rings. The summed E-state index contributed by atoms with van der Waals surface area (Å²) in [6, 6.07) is 0. The average molecular weight is 299 g/mol. The van der Waals surface area contributed by atoms with Gasteiger partial charge in [-0.05, 0) is 27.7 Å². The summed E-state index contributed by atoms with van der Waals surface area (Å²) >= 11 is 7.97. The number of thiazole rings is 1. The molecule has 0 saturated heterocycles. The maximum atomic E-state index is 6.31. The minimum atomic E-state index is -0.172. The zero-order valence-electron chi connectivity index (χ0n) is 11.7. The first-order valence-electron chi connectivity index (χ1n) is 6.32. The van der Waals surface area contributed by atoms with E-state index in [9.17, 15) is 0 Å². The largest absolute Gasteiger partial charge is 0.300 e. The molecular formula is C13H19ClN4S. The van der Waals surface area contributed by atoms with E-state index in [0.717, 1.165) is 28.0 Å². The molecule has 6 heteroatoms. The molecule has 0 aliphatic rings. The third-order valence-electron chi connectivity index (χ3n) is 3.12. The number of aromatic nitrogens is 3. The van der Waals surface area contributed by atoms with Crippen molar-refractivity contribution in [2.75, 3.05) is 0 Å². The number of halogens is 1. The Bertz CT molecular complexity index is 545. The van der Waals surface area contributed by atoms with Crippen LogP contribution in [0.15, 0.2) is 11.6 Å². The van der Waals surface area contributed by atoms with E-state index in [1.807, 2.05) is 23.2 Å². The van der Waals surface area contributed by atoms with Gasteiger partial charge in [0.2, 0.25) is 0 Å². The Balaban J connectivity index is 2.15. The number of nitrogens with zero attached hydrogens (tertiary/aromatic N) is 3. The highest BCUT2D eigenvalue weighted by atomic mass is 35.5. The molecule has 0 aliphatic heterocycles. The summed E-state index contributed by atoms with van der Waals surface area (Å²) in [6.07, 6.45) is 1.83. The summed E-state index contributed by atoms with van der Waals surface area (Å²) in [6.45, 7) is 9.75. The van der Waals surface area contributed by atoms with Gasteiger partial charge in [-0.1, -0.05) is 11.6 Å². The van der Waals surface area contributed by atoms with Crippen LogP contribution < -0.4 is 5.32 Å². The second-order valence-electron chi connectivity index (χ2n) is 4.98. The smallest absolute Gasteiger partial charge is 0.112 e. The lowest BCUT2D eigenvalue weighted by Crippen LogP contribution is -2.36. The van der Waals surface area contributed by atoms with Gasteiger partial charge in [-0.25, -0.2) is 4.98 Å². The lowest BCUT2D eigenvalue weighted by Gasteiger charge is -2.24. The number of aryl methyl sites for hydroxylation is 2. The fraction of sp³-hybridized carbons (Fsp3) is 0.538. The van der Waals surface area contributed by atoms with Crippen LogP contribution in [0.1, 0.15) is 37.2 Å². The molecule has 0 aliphatic carbocycles. The predicted molar refractivity (Wildman–Crippen MR) is 79.6 cm³/mol. The Morgan fingerprint density at radius 2 is 2.21 bits per heavy atom. The summed E-state index contributed by atoms with van der Waals surface area (Å²) in [5.74, 6) is 0. The first-order valence-corrected chi connectivity index (χ1v) is 7.58. The monoisotopic (exact) mass is 298 g/mol. The normalized spacial score (nSPS) is 12.1. The Kier molecular flexibility index (Phi) is 4.28. The van der Waals surface area contributed by atoms with Crippen LogP contribution in [0.5, 0.6) is 0 Å². The summed E-state index contributed by atoms with van der Waals surface area (Å²) in [4.78, 5) is 4.37. The number of hydrogen-bond acceptors (Lipinski definition) is 4. The minimum absolute atomic E-state index is 0.172.